The highest BCUT2D eigenvalue weighted by Gasteiger charge is 2.14. The van der Waals surface area contributed by atoms with Gasteiger partial charge in [0.1, 0.15) is 0 Å². The molecule has 6 nitrogen and oxygen atoms in total. The molecular weight excluding hydrogens is 304 g/mol. The Labute approximate surface area is 137 Å². The largest absolute Gasteiger partial charge is 0.355 e. The number of nitrogens with one attached hydrogen (secondary N) is 1. The number of amides is 1. The Kier molecular flexibility index (Phi) is 3.55. The monoisotopic (exact) mass is 318 g/mol. The molecule has 24 heavy (non-hydrogen) atoms. The summed E-state index contributed by atoms with van der Waals surface area (Å²) in [6.07, 6.45) is 1.87. The molecule has 4 aromatic rings. The number of hydrogen-bond acceptors (Lipinski definition) is 4. The van der Waals surface area contributed by atoms with Gasteiger partial charge in [0.05, 0.1) is 17.8 Å². The van der Waals surface area contributed by atoms with Crippen molar-refractivity contribution in [1.82, 2.24) is 20.1 Å². The van der Waals surface area contributed by atoms with E-state index in [2.05, 4.69) is 15.6 Å². The summed E-state index contributed by atoms with van der Waals surface area (Å²) >= 11 is 0. The third-order valence-electron chi connectivity index (χ3n) is 3.65. The molecule has 0 atom stereocenters. The van der Waals surface area contributed by atoms with Gasteiger partial charge in [-0.2, -0.15) is 5.10 Å². The summed E-state index contributed by atoms with van der Waals surface area (Å²) in [4.78, 5) is 12.2. The molecule has 0 saturated carbocycles. The van der Waals surface area contributed by atoms with E-state index in [1.807, 2.05) is 60.8 Å². The molecule has 1 amide bonds. The van der Waals surface area contributed by atoms with E-state index in [4.69, 9.17) is 4.52 Å². The van der Waals surface area contributed by atoms with Gasteiger partial charge in [0.15, 0.2) is 11.5 Å². The molecule has 3 heterocycles. The van der Waals surface area contributed by atoms with Crippen LogP contribution in [0.5, 0.6) is 0 Å². The van der Waals surface area contributed by atoms with Gasteiger partial charge in [0.25, 0.3) is 5.91 Å². The van der Waals surface area contributed by atoms with Crippen LogP contribution in [0, 0.1) is 0 Å². The van der Waals surface area contributed by atoms with Crippen LogP contribution in [-0.4, -0.2) is 20.7 Å². The SMILES string of the molecule is O=C(NCc1cc2ccccn2n1)c1cc(-c2ccccc2)on1. The van der Waals surface area contributed by atoms with Gasteiger partial charge in [-0.05, 0) is 18.2 Å². The number of aromatic nitrogens is 3. The topological polar surface area (TPSA) is 72.4 Å². The summed E-state index contributed by atoms with van der Waals surface area (Å²) in [5.74, 6) is 0.270. The maximum Gasteiger partial charge on any atom is 0.273 e. The van der Waals surface area contributed by atoms with Gasteiger partial charge in [-0.25, -0.2) is 4.52 Å². The first-order valence-corrected chi connectivity index (χ1v) is 7.53. The van der Waals surface area contributed by atoms with E-state index in [1.165, 1.54) is 0 Å². The first-order valence-electron chi connectivity index (χ1n) is 7.53. The predicted molar refractivity (Wildman–Crippen MR) is 88.3 cm³/mol. The number of hydrogen-bond donors (Lipinski definition) is 1. The minimum atomic E-state index is -0.294. The van der Waals surface area contributed by atoms with E-state index in [0.717, 1.165) is 16.8 Å². The van der Waals surface area contributed by atoms with Gasteiger partial charge in [-0.15, -0.1) is 0 Å². The fourth-order valence-corrected chi connectivity index (χ4v) is 2.46. The molecule has 6 heteroatoms. The van der Waals surface area contributed by atoms with Gasteiger partial charge in [-0.3, -0.25) is 4.79 Å². The molecule has 1 aromatic carbocycles. The minimum Gasteiger partial charge on any atom is -0.355 e. The number of rotatable bonds is 4. The minimum absolute atomic E-state index is 0.248. The van der Waals surface area contributed by atoms with Crippen LogP contribution in [0.3, 0.4) is 0 Å². The van der Waals surface area contributed by atoms with Gasteiger partial charge < -0.3 is 9.84 Å². The number of pyridine rings is 1. The van der Waals surface area contributed by atoms with Crippen molar-refractivity contribution in [3.8, 4) is 11.3 Å². The predicted octanol–water partition coefficient (Wildman–Crippen LogP) is 2.92. The maximum atomic E-state index is 12.2. The zero-order valence-electron chi connectivity index (χ0n) is 12.7. The average molecular weight is 318 g/mol. The lowest BCUT2D eigenvalue weighted by Gasteiger charge is -1.98. The summed E-state index contributed by atoms with van der Waals surface area (Å²) in [5.41, 5.74) is 2.89. The zero-order chi connectivity index (χ0) is 16.4. The third kappa shape index (κ3) is 2.77. The highest BCUT2D eigenvalue weighted by Crippen LogP contribution is 2.19. The lowest BCUT2D eigenvalue weighted by molar-refractivity contribution is 0.0941. The van der Waals surface area contributed by atoms with Crippen LogP contribution in [0.1, 0.15) is 16.2 Å². The third-order valence-corrected chi connectivity index (χ3v) is 3.65. The lowest BCUT2D eigenvalue weighted by Crippen LogP contribution is -2.23. The molecular formula is C18H14N4O2. The van der Waals surface area contributed by atoms with E-state index in [0.29, 0.717) is 12.3 Å². The molecule has 0 aliphatic carbocycles. The quantitative estimate of drug-likeness (QED) is 0.628. The van der Waals surface area contributed by atoms with Crippen LogP contribution in [0.15, 0.2) is 71.4 Å². The molecule has 0 unspecified atom stereocenters. The van der Waals surface area contributed by atoms with Gasteiger partial charge in [0, 0.05) is 17.8 Å². The van der Waals surface area contributed by atoms with E-state index in [9.17, 15) is 4.79 Å². The fourth-order valence-electron chi connectivity index (χ4n) is 2.46. The highest BCUT2D eigenvalue weighted by molar-refractivity contribution is 5.93. The fraction of sp³-hybridized carbons (Fsp3) is 0.0556. The van der Waals surface area contributed by atoms with Crippen LogP contribution in [-0.2, 0) is 6.54 Å². The van der Waals surface area contributed by atoms with Gasteiger partial charge >= 0.3 is 0 Å². The summed E-state index contributed by atoms with van der Waals surface area (Å²) in [7, 11) is 0. The van der Waals surface area contributed by atoms with Crippen molar-refractivity contribution < 1.29 is 9.32 Å². The van der Waals surface area contributed by atoms with Crippen molar-refractivity contribution in [3.05, 3.63) is 78.2 Å². The van der Waals surface area contributed by atoms with Crippen molar-refractivity contribution in [1.29, 1.82) is 0 Å². The highest BCUT2D eigenvalue weighted by atomic mass is 16.5. The standard InChI is InChI=1S/C18H14N4O2/c23-18(16-11-17(24-21-16)13-6-2-1-3-7-13)19-12-14-10-15-8-4-5-9-22(15)20-14/h1-11H,12H2,(H,19,23). The number of carbonyl (C=O) groups excluding carboxylic acids is 1. The molecule has 0 fully saturated rings. The molecule has 1 N–H and O–H groups in total. The van der Waals surface area contributed by atoms with Crippen molar-refractivity contribution in [2.75, 3.05) is 0 Å². The molecule has 0 radical (unpaired) electrons. The Hall–Kier alpha value is -3.41. The summed E-state index contributed by atoms with van der Waals surface area (Å²) in [6, 6.07) is 18.9. The molecule has 4 rings (SSSR count). The first kappa shape index (κ1) is 14.2. The second-order valence-electron chi connectivity index (χ2n) is 5.33. The van der Waals surface area contributed by atoms with Crippen molar-refractivity contribution >= 4 is 11.4 Å². The second kappa shape index (κ2) is 6.00. The molecule has 0 bridgehead atoms. The number of fused-ring (bicyclic) bond motifs is 1. The Morgan fingerprint density at radius 1 is 1.08 bits per heavy atom. The van der Waals surface area contributed by atoms with Crippen LogP contribution >= 0.6 is 0 Å². The van der Waals surface area contributed by atoms with Crippen molar-refractivity contribution in [2.24, 2.45) is 0 Å². The first-order chi connectivity index (χ1) is 11.8. The maximum absolute atomic E-state index is 12.2. The van der Waals surface area contributed by atoms with E-state index >= 15 is 0 Å². The van der Waals surface area contributed by atoms with Crippen LogP contribution in [0.2, 0.25) is 0 Å². The van der Waals surface area contributed by atoms with E-state index in [-0.39, 0.29) is 11.6 Å². The molecule has 0 aliphatic rings. The lowest BCUT2D eigenvalue weighted by atomic mass is 10.1. The Balaban J connectivity index is 1.45. The van der Waals surface area contributed by atoms with Crippen LogP contribution in [0.4, 0.5) is 0 Å². The summed E-state index contributed by atoms with van der Waals surface area (Å²) in [6.45, 7) is 0.327. The van der Waals surface area contributed by atoms with Gasteiger partial charge in [-0.1, -0.05) is 41.6 Å². The normalized spacial score (nSPS) is 10.8. The summed E-state index contributed by atoms with van der Waals surface area (Å²) in [5, 5.41) is 11.0. The number of nitrogens with zero attached hydrogens (tertiary/aromatic N) is 3. The van der Waals surface area contributed by atoms with E-state index < -0.39 is 0 Å². The van der Waals surface area contributed by atoms with Crippen molar-refractivity contribution in [2.45, 2.75) is 6.54 Å². The second-order valence-corrected chi connectivity index (χ2v) is 5.33. The van der Waals surface area contributed by atoms with Gasteiger partial charge in [0.2, 0.25) is 0 Å². The molecule has 0 saturated heterocycles. The summed E-state index contributed by atoms with van der Waals surface area (Å²) < 4.78 is 7.01. The van der Waals surface area contributed by atoms with Crippen molar-refractivity contribution in [3.63, 3.8) is 0 Å². The molecule has 0 aliphatic heterocycles. The Morgan fingerprint density at radius 3 is 2.75 bits per heavy atom. The van der Waals surface area contributed by atoms with Crippen LogP contribution in [0.25, 0.3) is 16.8 Å². The smallest absolute Gasteiger partial charge is 0.273 e. The van der Waals surface area contributed by atoms with E-state index in [1.54, 1.807) is 10.6 Å². The Morgan fingerprint density at radius 2 is 1.92 bits per heavy atom. The Bertz CT molecular complexity index is 955. The molecule has 3 aromatic heterocycles. The number of carbonyl (C=O) groups is 1. The molecule has 0 spiro atoms. The van der Waals surface area contributed by atoms with Crippen LogP contribution < -0.4 is 5.32 Å². The number of benzene rings is 1. The average Bonchev–Trinajstić information content (AvgIpc) is 3.27. The molecule has 118 valence electrons. The zero-order valence-corrected chi connectivity index (χ0v) is 12.7.